The third kappa shape index (κ3) is 6.35. The SMILES string of the molecule is CCCSc1ccc(OCC2CCC(C3CCC(CCC)CC3)CC2)c(F)c1F. The van der Waals surface area contributed by atoms with Crippen LogP contribution >= 0.6 is 11.8 Å². The summed E-state index contributed by atoms with van der Waals surface area (Å²) in [5, 5.41) is 0. The first-order valence-corrected chi connectivity index (χ1v) is 12.8. The lowest BCUT2D eigenvalue weighted by atomic mass is 9.69. The molecule has 0 atom stereocenters. The molecule has 1 aromatic carbocycles. The molecule has 1 aromatic rings. The van der Waals surface area contributed by atoms with Crippen molar-refractivity contribution in [2.75, 3.05) is 12.4 Å². The molecule has 0 aliphatic heterocycles. The van der Waals surface area contributed by atoms with Gasteiger partial charge < -0.3 is 4.74 Å². The Hall–Kier alpha value is -0.770. The van der Waals surface area contributed by atoms with Crippen molar-refractivity contribution in [1.29, 1.82) is 0 Å². The van der Waals surface area contributed by atoms with E-state index in [-0.39, 0.29) is 5.75 Å². The molecule has 164 valence electrons. The quantitative estimate of drug-likeness (QED) is 0.369. The van der Waals surface area contributed by atoms with E-state index >= 15 is 0 Å². The minimum absolute atomic E-state index is 0.0692. The fourth-order valence-electron chi connectivity index (χ4n) is 5.34. The molecule has 0 aromatic heterocycles. The van der Waals surface area contributed by atoms with Crippen molar-refractivity contribution in [2.24, 2.45) is 23.7 Å². The highest BCUT2D eigenvalue weighted by Gasteiger charge is 2.31. The number of thioether (sulfide) groups is 1. The molecule has 29 heavy (non-hydrogen) atoms. The van der Waals surface area contributed by atoms with Gasteiger partial charge in [0.25, 0.3) is 0 Å². The topological polar surface area (TPSA) is 9.23 Å². The number of hydrogen-bond donors (Lipinski definition) is 0. The largest absolute Gasteiger partial charge is 0.490 e. The number of halogens is 2. The summed E-state index contributed by atoms with van der Waals surface area (Å²) in [6.45, 7) is 4.84. The van der Waals surface area contributed by atoms with Crippen LogP contribution in [0, 0.1) is 35.3 Å². The summed E-state index contributed by atoms with van der Waals surface area (Å²) in [5.74, 6) is 2.51. The zero-order valence-corrected chi connectivity index (χ0v) is 19.0. The van der Waals surface area contributed by atoms with Crippen LogP contribution in [0.3, 0.4) is 0 Å². The van der Waals surface area contributed by atoms with Gasteiger partial charge in [0.15, 0.2) is 11.6 Å². The molecule has 0 radical (unpaired) electrons. The van der Waals surface area contributed by atoms with Crippen molar-refractivity contribution in [2.45, 2.75) is 89.4 Å². The molecule has 2 aliphatic rings. The van der Waals surface area contributed by atoms with E-state index in [1.165, 1.54) is 63.1 Å². The zero-order valence-electron chi connectivity index (χ0n) is 18.2. The number of hydrogen-bond acceptors (Lipinski definition) is 2. The Bertz CT molecular complexity index is 619. The third-order valence-corrected chi connectivity index (χ3v) is 8.33. The van der Waals surface area contributed by atoms with Crippen LogP contribution in [0.15, 0.2) is 17.0 Å². The van der Waals surface area contributed by atoms with E-state index in [2.05, 4.69) is 6.92 Å². The average molecular weight is 425 g/mol. The lowest BCUT2D eigenvalue weighted by molar-refractivity contribution is 0.120. The summed E-state index contributed by atoms with van der Waals surface area (Å²) < 4.78 is 34.2. The molecule has 4 heteroatoms. The van der Waals surface area contributed by atoms with Gasteiger partial charge in [-0.15, -0.1) is 11.8 Å². The molecule has 0 unspecified atom stereocenters. The first-order chi connectivity index (χ1) is 14.1. The number of ether oxygens (including phenoxy) is 1. The second-order valence-corrected chi connectivity index (χ2v) is 10.3. The van der Waals surface area contributed by atoms with E-state index < -0.39 is 11.6 Å². The zero-order chi connectivity index (χ0) is 20.6. The van der Waals surface area contributed by atoms with E-state index in [1.54, 1.807) is 12.1 Å². The highest BCUT2D eigenvalue weighted by molar-refractivity contribution is 7.99. The van der Waals surface area contributed by atoms with E-state index in [9.17, 15) is 8.78 Å². The van der Waals surface area contributed by atoms with Crippen LogP contribution in [-0.2, 0) is 0 Å². The highest BCUT2D eigenvalue weighted by atomic mass is 32.2. The summed E-state index contributed by atoms with van der Waals surface area (Å²) in [5.41, 5.74) is 0. The second-order valence-electron chi connectivity index (χ2n) is 9.20. The second kappa shape index (κ2) is 11.6. The Morgan fingerprint density at radius 3 is 2.03 bits per heavy atom. The maximum Gasteiger partial charge on any atom is 0.201 e. The molecular formula is C25H38F2OS. The molecular weight excluding hydrogens is 386 g/mol. The van der Waals surface area contributed by atoms with Crippen LogP contribution in [0.2, 0.25) is 0 Å². The van der Waals surface area contributed by atoms with Gasteiger partial charge in [0.05, 0.1) is 6.61 Å². The molecule has 0 saturated heterocycles. The molecule has 3 rings (SSSR count). The van der Waals surface area contributed by atoms with Gasteiger partial charge in [-0.1, -0.05) is 39.5 Å². The van der Waals surface area contributed by atoms with Gasteiger partial charge in [0, 0.05) is 4.90 Å². The van der Waals surface area contributed by atoms with Crippen molar-refractivity contribution in [1.82, 2.24) is 0 Å². The van der Waals surface area contributed by atoms with Crippen LogP contribution in [0.1, 0.15) is 84.5 Å². The fraction of sp³-hybridized carbons (Fsp3) is 0.760. The standard InChI is InChI=1S/C25H38F2OS/c1-3-5-18-6-10-20(11-7-18)21-12-8-19(9-13-21)17-28-22-14-15-23(29-16-4-2)25(27)24(22)26/h14-15,18-21H,3-13,16-17H2,1-2H3. The average Bonchev–Trinajstić information content (AvgIpc) is 2.75. The first kappa shape index (κ1) is 22.9. The number of rotatable bonds is 9. The Morgan fingerprint density at radius 1 is 0.828 bits per heavy atom. The van der Waals surface area contributed by atoms with Gasteiger partial charge in [0.1, 0.15) is 0 Å². The van der Waals surface area contributed by atoms with Crippen LogP contribution in [0.4, 0.5) is 8.78 Å². The molecule has 1 nitrogen and oxygen atoms in total. The minimum Gasteiger partial charge on any atom is -0.490 e. The van der Waals surface area contributed by atoms with E-state index in [0.29, 0.717) is 17.4 Å². The van der Waals surface area contributed by atoms with Crippen LogP contribution < -0.4 is 4.74 Å². The maximum atomic E-state index is 14.3. The van der Waals surface area contributed by atoms with Crippen molar-refractivity contribution >= 4 is 11.8 Å². The van der Waals surface area contributed by atoms with Crippen LogP contribution in [0.5, 0.6) is 5.75 Å². The van der Waals surface area contributed by atoms with Gasteiger partial charge in [-0.3, -0.25) is 0 Å². The van der Waals surface area contributed by atoms with E-state index in [1.807, 2.05) is 6.92 Å². The third-order valence-electron chi connectivity index (χ3n) is 7.09. The molecule has 0 bridgehead atoms. The molecule has 0 N–H and O–H groups in total. The molecule has 0 heterocycles. The summed E-state index contributed by atoms with van der Waals surface area (Å²) in [7, 11) is 0. The van der Waals surface area contributed by atoms with Crippen molar-refractivity contribution < 1.29 is 13.5 Å². The lowest BCUT2D eigenvalue weighted by Crippen LogP contribution is -2.27. The molecule has 0 spiro atoms. The minimum atomic E-state index is -0.830. The monoisotopic (exact) mass is 424 g/mol. The van der Waals surface area contributed by atoms with E-state index in [4.69, 9.17) is 4.74 Å². The Kier molecular flexibility index (Phi) is 9.14. The summed E-state index contributed by atoms with van der Waals surface area (Å²) in [6.07, 6.45) is 14.2. The van der Waals surface area contributed by atoms with Gasteiger partial charge in [-0.25, -0.2) is 4.39 Å². The van der Waals surface area contributed by atoms with Gasteiger partial charge in [0.2, 0.25) is 5.82 Å². The number of benzene rings is 1. The Balaban J connectivity index is 1.42. The Morgan fingerprint density at radius 2 is 1.45 bits per heavy atom. The molecule has 0 amide bonds. The highest BCUT2D eigenvalue weighted by Crippen LogP contribution is 2.42. The summed E-state index contributed by atoms with van der Waals surface area (Å²) in [4.78, 5) is 0.380. The molecule has 2 fully saturated rings. The predicted octanol–water partition coefficient (Wildman–Crippen LogP) is 8.26. The van der Waals surface area contributed by atoms with Gasteiger partial charge >= 0.3 is 0 Å². The first-order valence-electron chi connectivity index (χ1n) is 11.9. The Labute approximate surface area is 180 Å². The normalized spacial score (nSPS) is 27.7. The fourth-order valence-corrected chi connectivity index (χ4v) is 6.14. The summed E-state index contributed by atoms with van der Waals surface area (Å²) in [6, 6.07) is 3.25. The van der Waals surface area contributed by atoms with E-state index in [0.717, 1.165) is 42.8 Å². The molecule has 2 aliphatic carbocycles. The van der Waals surface area contributed by atoms with Crippen molar-refractivity contribution in [3.05, 3.63) is 23.8 Å². The smallest absolute Gasteiger partial charge is 0.201 e. The van der Waals surface area contributed by atoms with Crippen LogP contribution in [-0.4, -0.2) is 12.4 Å². The predicted molar refractivity (Wildman–Crippen MR) is 119 cm³/mol. The van der Waals surface area contributed by atoms with Crippen LogP contribution in [0.25, 0.3) is 0 Å². The maximum absolute atomic E-state index is 14.3. The molecule has 2 saturated carbocycles. The lowest BCUT2D eigenvalue weighted by Gasteiger charge is -2.37. The van der Waals surface area contributed by atoms with Crippen molar-refractivity contribution in [3.8, 4) is 5.75 Å². The van der Waals surface area contributed by atoms with Crippen molar-refractivity contribution in [3.63, 3.8) is 0 Å². The van der Waals surface area contributed by atoms with Gasteiger partial charge in [-0.05, 0) is 86.5 Å². The van der Waals surface area contributed by atoms with Gasteiger partial charge in [-0.2, -0.15) is 4.39 Å². The summed E-state index contributed by atoms with van der Waals surface area (Å²) >= 11 is 1.36.